The molecular formula is C15H23NO4. The summed E-state index contributed by atoms with van der Waals surface area (Å²) in [5, 5.41) is 23.3. The minimum Gasteiger partial charge on any atom is -0.497 e. The van der Waals surface area contributed by atoms with Crippen molar-refractivity contribution in [3.8, 4) is 5.75 Å². The van der Waals surface area contributed by atoms with Gasteiger partial charge in [0.25, 0.3) is 0 Å². The van der Waals surface area contributed by atoms with E-state index < -0.39 is 12.2 Å². The molecule has 0 spiro atoms. The predicted octanol–water partition coefficient (Wildman–Crippen LogP) is 0.541. The highest BCUT2D eigenvalue weighted by atomic mass is 16.5. The summed E-state index contributed by atoms with van der Waals surface area (Å²) in [7, 11) is 3.25. The maximum absolute atomic E-state index is 10.0. The maximum atomic E-state index is 10.0. The first-order valence-corrected chi connectivity index (χ1v) is 6.87. The second kappa shape index (κ2) is 7.04. The molecule has 0 saturated heterocycles. The lowest BCUT2D eigenvalue weighted by molar-refractivity contribution is -0.00597. The standard InChI is InChI=1S/C15H23NO4/c1-19-9-11-7-13(15(18)14(11)17)16-8-10-4-3-5-12(6-10)20-2/h3-6,11,13-18H,7-9H2,1-2H3/t11-,13-,14-,15+/m1/s1. The van der Waals surface area contributed by atoms with Crippen molar-refractivity contribution in [3.05, 3.63) is 29.8 Å². The SMILES string of the molecule is COC[C@H]1C[C@@H](NCc2cccc(OC)c2)[C@H](O)[C@@H]1O. The normalized spacial score (nSPS) is 29.6. The van der Waals surface area contributed by atoms with Crippen LogP contribution < -0.4 is 10.1 Å². The molecule has 0 bridgehead atoms. The van der Waals surface area contributed by atoms with Gasteiger partial charge in [0.05, 0.1) is 25.9 Å². The summed E-state index contributed by atoms with van der Waals surface area (Å²) in [6, 6.07) is 7.67. The zero-order chi connectivity index (χ0) is 14.5. The van der Waals surface area contributed by atoms with Crippen LogP contribution in [-0.4, -0.2) is 49.3 Å². The van der Waals surface area contributed by atoms with E-state index in [1.165, 1.54) is 0 Å². The summed E-state index contributed by atoms with van der Waals surface area (Å²) < 4.78 is 10.3. The van der Waals surface area contributed by atoms with Gasteiger partial charge in [0.15, 0.2) is 0 Å². The van der Waals surface area contributed by atoms with Gasteiger partial charge in [-0.25, -0.2) is 0 Å². The number of methoxy groups -OCH3 is 2. The lowest BCUT2D eigenvalue weighted by Crippen LogP contribution is -2.39. The molecule has 2 rings (SSSR count). The number of hydrogen-bond acceptors (Lipinski definition) is 5. The summed E-state index contributed by atoms with van der Waals surface area (Å²) >= 11 is 0. The Hall–Kier alpha value is -1.14. The second-order valence-electron chi connectivity index (χ2n) is 5.27. The van der Waals surface area contributed by atoms with Crippen molar-refractivity contribution in [2.24, 2.45) is 5.92 Å². The van der Waals surface area contributed by atoms with Crippen molar-refractivity contribution in [1.29, 1.82) is 0 Å². The Kier molecular flexibility index (Phi) is 5.37. The van der Waals surface area contributed by atoms with E-state index in [0.717, 1.165) is 11.3 Å². The Morgan fingerprint density at radius 3 is 2.75 bits per heavy atom. The van der Waals surface area contributed by atoms with E-state index in [1.54, 1.807) is 14.2 Å². The van der Waals surface area contributed by atoms with Crippen molar-refractivity contribution in [2.75, 3.05) is 20.8 Å². The van der Waals surface area contributed by atoms with E-state index >= 15 is 0 Å². The summed E-state index contributed by atoms with van der Waals surface area (Å²) in [4.78, 5) is 0. The molecule has 4 atom stereocenters. The highest BCUT2D eigenvalue weighted by Crippen LogP contribution is 2.27. The first-order valence-electron chi connectivity index (χ1n) is 6.87. The van der Waals surface area contributed by atoms with Crippen LogP contribution in [0.4, 0.5) is 0 Å². The molecule has 1 aromatic rings. The highest BCUT2D eigenvalue weighted by molar-refractivity contribution is 5.28. The van der Waals surface area contributed by atoms with Gasteiger partial charge in [-0.05, 0) is 24.1 Å². The number of rotatable bonds is 6. The third-order valence-electron chi connectivity index (χ3n) is 3.89. The van der Waals surface area contributed by atoms with Crippen molar-refractivity contribution in [2.45, 2.75) is 31.2 Å². The molecule has 0 radical (unpaired) electrons. The minimum atomic E-state index is -0.749. The van der Waals surface area contributed by atoms with Crippen molar-refractivity contribution in [3.63, 3.8) is 0 Å². The molecule has 0 unspecified atom stereocenters. The van der Waals surface area contributed by atoms with Crippen LogP contribution in [-0.2, 0) is 11.3 Å². The van der Waals surface area contributed by atoms with Crippen LogP contribution in [0.3, 0.4) is 0 Å². The molecule has 0 aliphatic heterocycles. The molecule has 5 nitrogen and oxygen atoms in total. The van der Waals surface area contributed by atoms with Crippen molar-refractivity contribution >= 4 is 0 Å². The zero-order valence-corrected chi connectivity index (χ0v) is 12.0. The summed E-state index contributed by atoms with van der Waals surface area (Å²) in [6.07, 6.45) is -0.765. The van der Waals surface area contributed by atoms with Crippen LogP contribution in [0, 0.1) is 5.92 Å². The highest BCUT2D eigenvalue weighted by Gasteiger charge is 2.40. The average molecular weight is 281 g/mol. The Balaban J connectivity index is 1.90. The first kappa shape index (κ1) is 15.3. The van der Waals surface area contributed by atoms with Crippen LogP contribution in [0.1, 0.15) is 12.0 Å². The van der Waals surface area contributed by atoms with Gasteiger partial charge in [0.1, 0.15) is 5.75 Å². The Morgan fingerprint density at radius 2 is 2.05 bits per heavy atom. The summed E-state index contributed by atoms with van der Waals surface area (Å²) in [5.74, 6) is 0.798. The zero-order valence-electron chi connectivity index (χ0n) is 12.0. The average Bonchev–Trinajstić information content (AvgIpc) is 2.74. The molecule has 1 aliphatic rings. The van der Waals surface area contributed by atoms with Gasteiger partial charge in [-0.15, -0.1) is 0 Å². The fourth-order valence-electron chi connectivity index (χ4n) is 2.74. The quantitative estimate of drug-likeness (QED) is 0.710. The monoisotopic (exact) mass is 281 g/mol. The number of aliphatic hydroxyl groups excluding tert-OH is 2. The fourth-order valence-corrected chi connectivity index (χ4v) is 2.74. The first-order chi connectivity index (χ1) is 9.65. The van der Waals surface area contributed by atoms with Crippen LogP contribution >= 0.6 is 0 Å². The molecule has 5 heteroatoms. The van der Waals surface area contributed by atoms with E-state index in [0.29, 0.717) is 19.6 Å². The maximum Gasteiger partial charge on any atom is 0.119 e. The van der Waals surface area contributed by atoms with Crippen LogP contribution in [0.2, 0.25) is 0 Å². The lowest BCUT2D eigenvalue weighted by Gasteiger charge is -2.18. The van der Waals surface area contributed by atoms with E-state index in [4.69, 9.17) is 9.47 Å². The van der Waals surface area contributed by atoms with Gasteiger partial charge < -0.3 is 25.0 Å². The third kappa shape index (κ3) is 3.49. The Bertz CT molecular complexity index is 426. The van der Waals surface area contributed by atoms with Gasteiger partial charge in [0.2, 0.25) is 0 Å². The fraction of sp³-hybridized carbons (Fsp3) is 0.600. The van der Waals surface area contributed by atoms with Gasteiger partial charge >= 0.3 is 0 Å². The van der Waals surface area contributed by atoms with Crippen LogP contribution in [0.25, 0.3) is 0 Å². The Labute approximate surface area is 119 Å². The van der Waals surface area contributed by atoms with E-state index in [9.17, 15) is 10.2 Å². The third-order valence-corrected chi connectivity index (χ3v) is 3.89. The van der Waals surface area contributed by atoms with Gasteiger partial charge in [-0.3, -0.25) is 0 Å². The van der Waals surface area contributed by atoms with Crippen molar-refractivity contribution < 1.29 is 19.7 Å². The van der Waals surface area contributed by atoms with Crippen LogP contribution in [0.15, 0.2) is 24.3 Å². The molecule has 20 heavy (non-hydrogen) atoms. The van der Waals surface area contributed by atoms with E-state index in [-0.39, 0.29) is 12.0 Å². The molecule has 0 heterocycles. The van der Waals surface area contributed by atoms with Crippen LogP contribution in [0.5, 0.6) is 5.75 Å². The molecule has 0 amide bonds. The molecule has 0 aromatic heterocycles. The number of aliphatic hydroxyl groups is 2. The van der Waals surface area contributed by atoms with E-state index in [1.807, 2.05) is 24.3 Å². The number of ether oxygens (including phenoxy) is 2. The van der Waals surface area contributed by atoms with Gasteiger partial charge in [-0.2, -0.15) is 0 Å². The minimum absolute atomic E-state index is 0.0159. The number of nitrogens with one attached hydrogen (secondary N) is 1. The smallest absolute Gasteiger partial charge is 0.119 e. The second-order valence-corrected chi connectivity index (χ2v) is 5.27. The Morgan fingerprint density at radius 1 is 1.25 bits per heavy atom. The topological polar surface area (TPSA) is 71.0 Å². The van der Waals surface area contributed by atoms with Gasteiger partial charge in [0, 0.05) is 25.6 Å². The molecule has 1 aliphatic carbocycles. The van der Waals surface area contributed by atoms with Crippen molar-refractivity contribution in [1.82, 2.24) is 5.32 Å². The largest absolute Gasteiger partial charge is 0.497 e. The predicted molar refractivity (Wildman–Crippen MR) is 75.6 cm³/mol. The molecule has 112 valence electrons. The molecule has 1 fully saturated rings. The molecule has 1 aromatic carbocycles. The number of hydrogen-bond donors (Lipinski definition) is 3. The van der Waals surface area contributed by atoms with E-state index in [2.05, 4.69) is 5.32 Å². The lowest BCUT2D eigenvalue weighted by atomic mass is 10.1. The summed E-state index contributed by atoms with van der Waals surface area (Å²) in [5.41, 5.74) is 1.08. The van der Waals surface area contributed by atoms with Gasteiger partial charge in [-0.1, -0.05) is 12.1 Å². The number of benzene rings is 1. The molecule has 3 N–H and O–H groups in total. The summed E-state index contributed by atoms with van der Waals surface area (Å²) in [6.45, 7) is 1.10. The molecular weight excluding hydrogens is 258 g/mol. The molecule has 1 saturated carbocycles.